The Balaban J connectivity index is 1.58. The fourth-order valence-electron chi connectivity index (χ4n) is 5.89. The normalized spacial score (nSPS) is 13.9. The van der Waals surface area contributed by atoms with E-state index < -0.39 is 28.5 Å². The van der Waals surface area contributed by atoms with Gasteiger partial charge in [-0.15, -0.1) is 0 Å². The van der Waals surface area contributed by atoms with Crippen LogP contribution in [0.1, 0.15) is 42.4 Å². The Labute approximate surface area is 285 Å². The molecule has 246 valence electrons. The van der Waals surface area contributed by atoms with Crippen LogP contribution in [0, 0.1) is 6.92 Å². The molecule has 0 spiro atoms. The summed E-state index contributed by atoms with van der Waals surface area (Å²) in [6, 6.07) is 29.5. The number of nitrogens with one attached hydrogen (secondary N) is 1. The highest BCUT2D eigenvalue weighted by molar-refractivity contribution is 9.10. The fraction of sp³-hybridized carbons (Fsp3) is 0.297. The van der Waals surface area contributed by atoms with E-state index in [-0.39, 0.29) is 35.5 Å². The van der Waals surface area contributed by atoms with Gasteiger partial charge < -0.3 is 15.0 Å². The Kier molecular flexibility index (Phi) is 11.4. The Bertz CT molecular complexity index is 1760. The third kappa shape index (κ3) is 8.61. The van der Waals surface area contributed by atoms with Crippen molar-refractivity contribution in [1.82, 2.24) is 10.2 Å². The van der Waals surface area contributed by atoms with Gasteiger partial charge in [-0.25, -0.2) is 8.42 Å². The van der Waals surface area contributed by atoms with Crippen LogP contribution in [0.4, 0.5) is 5.69 Å². The van der Waals surface area contributed by atoms with Gasteiger partial charge in [-0.1, -0.05) is 101 Å². The summed E-state index contributed by atoms with van der Waals surface area (Å²) in [5, 5.41) is 3.20. The largest absolute Gasteiger partial charge is 0.495 e. The molecule has 0 unspecified atom stereocenters. The smallest absolute Gasteiger partial charge is 0.264 e. The number of halogens is 1. The minimum atomic E-state index is -4.23. The standard InChI is InChI=1S/C37H40BrN3O5S/c1-27-16-22-32(23-17-27)47(44,45)41(33-14-8-9-15-35(33)46-2)26-36(42)40(25-29-18-20-30(38)21-19-29)34(24-28-10-4-3-5-11-28)37(43)39-31-12-6-7-13-31/h3-5,8-11,14-23,31,34H,6-7,12-13,24-26H2,1-2H3,(H,39,43)/t34-/m1/s1. The van der Waals surface area contributed by atoms with Crippen molar-refractivity contribution < 1.29 is 22.7 Å². The summed E-state index contributed by atoms with van der Waals surface area (Å²) in [6.07, 6.45) is 4.13. The summed E-state index contributed by atoms with van der Waals surface area (Å²) in [4.78, 5) is 30.4. The minimum absolute atomic E-state index is 0.0393. The lowest BCUT2D eigenvalue weighted by Gasteiger charge is -2.34. The molecule has 2 amide bonds. The van der Waals surface area contributed by atoms with E-state index >= 15 is 0 Å². The second-order valence-electron chi connectivity index (χ2n) is 11.8. The second kappa shape index (κ2) is 15.6. The third-order valence-electron chi connectivity index (χ3n) is 8.48. The molecule has 0 heterocycles. The molecule has 4 aromatic carbocycles. The molecule has 47 heavy (non-hydrogen) atoms. The maximum atomic E-state index is 14.7. The fourth-order valence-corrected chi connectivity index (χ4v) is 7.58. The molecule has 10 heteroatoms. The zero-order valence-electron chi connectivity index (χ0n) is 26.6. The summed E-state index contributed by atoms with van der Waals surface area (Å²) < 4.78 is 36.1. The molecule has 0 radical (unpaired) electrons. The van der Waals surface area contributed by atoms with Gasteiger partial charge in [0.05, 0.1) is 17.7 Å². The number of amides is 2. The van der Waals surface area contributed by atoms with E-state index in [0.29, 0.717) is 5.75 Å². The number of rotatable bonds is 13. The number of hydrogen-bond donors (Lipinski definition) is 1. The molecule has 0 bridgehead atoms. The number of para-hydroxylation sites is 2. The van der Waals surface area contributed by atoms with E-state index in [0.717, 1.165) is 51.2 Å². The van der Waals surface area contributed by atoms with Crippen LogP contribution in [0.15, 0.2) is 112 Å². The Morgan fingerprint density at radius 2 is 1.51 bits per heavy atom. The van der Waals surface area contributed by atoms with E-state index in [2.05, 4.69) is 21.2 Å². The number of sulfonamides is 1. The number of anilines is 1. The van der Waals surface area contributed by atoms with E-state index in [9.17, 15) is 18.0 Å². The van der Waals surface area contributed by atoms with Gasteiger partial charge in [-0.2, -0.15) is 0 Å². The summed E-state index contributed by atoms with van der Waals surface area (Å²) >= 11 is 3.48. The van der Waals surface area contributed by atoms with E-state index in [4.69, 9.17) is 4.74 Å². The highest BCUT2D eigenvalue weighted by atomic mass is 79.9. The van der Waals surface area contributed by atoms with Crippen molar-refractivity contribution in [1.29, 1.82) is 0 Å². The molecule has 1 saturated carbocycles. The summed E-state index contributed by atoms with van der Waals surface area (Å²) in [5.41, 5.74) is 2.82. The Morgan fingerprint density at radius 3 is 2.17 bits per heavy atom. The molecule has 5 rings (SSSR count). The van der Waals surface area contributed by atoms with Crippen molar-refractivity contribution in [2.45, 2.75) is 62.6 Å². The van der Waals surface area contributed by atoms with Crippen LogP contribution < -0.4 is 14.4 Å². The molecule has 0 saturated heterocycles. The van der Waals surface area contributed by atoms with Gasteiger partial charge in [-0.05, 0) is 67.3 Å². The van der Waals surface area contributed by atoms with Crippen molar-refractivity contribution in [3.8, 4) is 5.75 Å². The Hall–Kier alpha value is -4.15. The van der Waals surface area contributed by atoms with Crippen LogP contribution in [0.25, 0.3) is 0 Å². The van der Waals surface area contributed by atoms with Crippen molar-refractivity contribution in [3.63, 3.8) is 0 Å². The summed E-state index contributed by atoms with van der Waals surface area (Å²) in [7, 11) is -2.78. The second-order valence-corrected chi connectivity index (χ2v) is 14.6. The number of hydrogen-bond acceptors (Lipinski definition) is 5. The lowest BCUT2D eigenvalue weighted by Crippen LogP contribution is -2.54. The molecule has 1 aliphatic carbocycles. The first-order valence-electron chi connectivity index (χ1n) is 15.8. The van der Waals surface area contributed by atoms with E-state index in [1.54, 1.807) is 36.4 Å². The predicted octanol–water partition coefficient (Wildman–Crippen LogP) is 6.66. The van der Waals surface area contributed by atoms with Gasteiger partial charge >= 0.3 is 0 Å². The summed E-state index contributed by atoms with van der Waals surface area (Å²) in [5.74, 6) is -0.469. The van der Waals surface area contributed by atoms with Gasteiger partial charge in [0, 0.05) is 23.5 Å². The number of aryl methyl sites for hydroxylation is 1. The van der Waals surface area contributed by atoms with Crippen molar-refractivity contribution in [2.24, 2.45) is 0 Å². The van der Waals surface area contributed by atoms with Crippen LogP contribution in [0.3, 0.4) is 0 Å². The monoisotopic (exact) mass is 717 g/mol. The van der Waals surface area contributed by atoms with Gasteiger partial charge in [0.25, 0.3) is 10.0 Å². The first kappa shape index (κ1) is 34.2. The Morgan fingerprint density at radius 1 is 0.872 bits per heavy atom. The number of nitrogens with zero attached hydrogens (tertiary/aromatic N) is 2. The zero-order valence-corrected chi connectivity index (χ0v) is 29.0. The number of benzene rings is 4. The molecular formula is C37H40BrN3O5S. The van der Waals surface area contributed by atoms with Crippen LogP contribution in [-0.2, 0) is 32.6 Å². The van der Waals surface area contributed by atoms with Crippen molar-refractivity contribution in [3.05, 3.63) is 124 Å². The van der Waals surface area contributed by atoms with Crippen LogP contribution in [0.5, 0.6) is 5.75 Å². The molecule has 0 aliphatic heterocycles. The molecule has 8 nitrogen and oxygen atoms in total. The average Bonchev–Trinajstić information content (AvgIpc) is 3.59. The number of carbonyl (C=O) groups excluding carboxylic acids is 2. The summed E-state index contributed by atoms with van der Waals surface area (Å²) in [6.45, 7) is 1.43. The first-order chi connectivity index (χ1) is 22.7. The van der Waals surface area contributed by atoms with Crippen molar-refractivity contribution in [2.75, 3.05) is 18.0 Å². The highest BCUT2D eigenvalue weighted by Crippen LogP contribution is 2.33. The SMILES string of the molecule is COc1ccccc1N(CC(=O)N(Cc1ccc(Br)cc1)[C@H](Cc1ccccc1)C(=O)NC1CCCC1)S(=O)(=O)c1ccc(C)cc1. The average molecular weight is 719 g/mol. The van der Waals surface area contributed by atoms with E-state index in [1.807, 2.05) is 61.5 Å². The van der Waals surface area contributed by atoms with Gasteiger partial charge in [0.15, 0.2) is 0 Å². The maximum Gasteiger partial charge on any atom is 0.264 e. The van der Waals surface area contributed by atoms with Gasteiger partial charge in [0.2, 0.25) is 11.8 Å². The first-order valence-corrected chi connectivity index (χ1v) is 18.0. The topological polar surface area (TPSA) is 96.0 Å². The van der Waals surface area contributed by atoms with Crippen LogP contribution >= 0.6 is 15.9 Å². The highest BCUT2D eigenvalue weighted by Gasteiger charge is 2.36. The lowest BCUT2D eigenvalue weighted by molar-refractivity contribution is -0.140. The molecule has 1 atom stereocenters. The van der Waals surface area contributed by atoms with Crippen molar-refractivity contribution >= 4 is 43.5 Å². The number of ether oxygens (including phenoxy) is 1. The number of methoxy groups -OCH3 is 1. The maximum absolute atomic E-state index is 14.7. The zero-order chi connectivity index (χ0) is 33.4. The molecule has 1 fully saturated rings. The molecule has 1 N–H and O–H groups in total. The lowest BCUT2D eigenvalue weighted by atomic mass is 10.0. The third-order valence-corrected chi connectivity index (χ3v) is 10.8. The quantitative estimate of drug-likeness (QED) is 0.167. The van der Waals surface area contributed by atoms with Crippen LogP contribution in [0.2, 0.25) is 0 Å². The van der Waals surface area contributed by atoms with Crippen LogP contribution in [-0.4, -0.2) is 50.9 Å². The van der Waals surface area contributed by atoms with E-state index in [1.165, 1.54) is 24.1 Å². The van der Waals surface area contributed by atoms with Gasteiger partial charge in [-0.3, -0.25) is 13.9 Å². The van der Waals surface area contributed by atoms with Gasteiger partial charge in [0.1, 0.15) is 18.3 Å². The molecule has 1 aliphatic rings. The minimum Gasteiger partial charge on any atom is -0.495 e. The molecular weight excluding hydrogens is 678 g/mol. The number of carbonyl (C=O) groups is 2. The molecule has 0 aromatic heterocycles. The predicted molar refractivity (Wildman–Crippen MR) is 188 cm³/mol. The molecule has 4 aromatic rings.